The number of rotatable bonds is 5. The molecule has 1 saturated carbocycles. The van der Waals surface area contributed by atoms with E-state index in [2.05, 4.69) is 12.2 Å². The fourth-order valence-corrected chi connectivity index (χ4v) is 2.96. The van der Waals surface area contributed by atoms with Crippen LogP contribution in [-0.4, -0.2) is 29.4 Å². The van der Waals surface area contributed by atoms with Gasteiger partial charge in [0.1, 0.15) is 0 Å². The van der Waals surface area contributed by atoms with Crippen molar-refractivity contribution in [3.8, 4) is 0 Å². The number of hydrogen-bond donors (Lipinski definition) is 1. The van der Waals surface area contributed by atoms with Crippen molar-refractivity contribution >= 4 is 17.6 Å². The van der Waals surface area contributed by atoms with Gasteiger partial charge < -0.3 is 10.1 Å². The first-order valence-corrected chi connectivity index (χ1v) is 8.19. The molecule has 0 radical (unpaired) electrons. The third kappa shape index (κ3) is 4.31. The van der Waals surface area contributed by atoms with Crippen LogP contribution in [0.15, 0.2) is 18.2 Å². The zero-order valence-electron chi connectivity index (χ0n) is 13.9. The van der Waals surface area contributed by atoms with Gasteiger partial charge in [-0.2, -0.15) is 0 Å². The average molecular weight is 334 g/mol. The summed E-state index contributed by atoms with van der Waals surface area (Å²) in [5, 5.41) is 14.0. The van der Waals surface area contributed by atoms with Crippen molar-refractivity contribution < 1.29 is 19.2 Å². The number of non-ortho nitro benzene ring substituents is 1. The molecule has 1 aromatic carbocycles. The summed E-state index contributed by atoms with van der Waals surface area (Å²) in [5.74, 6) is -0.713. The smallest absolute Gasteiger partial charge is 0.338 e. The maximum absolute atomic E-state index is 12.5. The minimum absolute atomic E-state index is 0.00731. The molecule has 0 aliphatic heterocycles. The summed E-state index contributed by atoms with van der Waals surface area (Å²) in [6, 6.07) is 3.70. The number of nitro groups is 1. The Morgan fingerprint density at radius 2 is 1.92 bits per heavy atom. The van der Waals surface area contributed by atoms with E-state index in [1.165, 1.54) is 12.1 Å². The molecular weight excluding hydrogens is 312 g/mol. The predicted molar refractivity (Wildman–Crippen MR) is 87.9 cm³/mol. The van der Waals surface area contributed by atoms with Crippen LogP contribution in [-0.2, 0) is 4.74 Å². The Bertz CT molecular complexity index is 644. The molecule has 1 aromatic rings. The fourth-order valence-electron chi connectivity index (χ4n) is 2.96. The molecule has 7 heteroatoms. The lowest BCUT2D eigenvalue weighted by Gasteiger charge is -2.29. The largest absolute Gasteiger partial charge is 0.462 e. The maximum atomic E-state index is 12.5. The number of esters is 1. The monoisotopic (exact) mass is 334 g/mol. The van der Waals surface area contributed by atoms with Gasteiger partial charge in [-0.3, -0.25) is 14.9 Å². The first-order valence-electron chi connectivity index (χ1n) is 8.19. The van der Waals surface area contributed by atoms with Crippen LogP contribution in [0.3, 0.4) is 0 Å². The zero-order valence-corrected chi connectivity index (χ0v) is 13.9. The van der Waals surface area contributed by atoms with E-state index in [1.54, 1.807) is 6.92 Å². The van der Waals surface area contributed by atoms with Crippen molar-refractivity contribution in [3.05, 3.63) is 39.4 Å². The van der Waals surface area contributed by atoms with Crippen LogP contribution in [0.2, 0.25) is 0 Å². The van der Waals surface area contributed by atoms with E-state index in [0.29, 0.717) is 5.92 Å². The van der Waals surface area contributed by atoms with Crippen LogP contribution in [0.25, 0.3) is 0 Å². The van der Waals surface area contributed by atoms with Crippen molar-refractivity contribution in [2.45, 2.75) is 45.6 Å². The molecule has 1 N–H and O–H groups in total. The molecule has 1 amide bonds. The van der Waals surface area contributed by atoms with E-state index in [1.807, 2.05) is 0 Å². The van der Waals surface area contributed by atoms with Gasteiger partial charge in [-0.05, 0) is 31.7 Å². The second-order valence-electron chi connectivity index (χ2n) is 6.09. The summed E-state index contributed by atoms with van der Waals surface area (Å²) in [6.07, 6.45) is 4.15. The number of nitrogens with one attached hydrogen (secondary N) is 1. The van der Waals surface area contributed by atoms with E-state index in [-0.39, 0.29) is 29.5 Å². The Balaban J connectivity index is 2.25. The molecule has 0 unspecified atom stereocenters. The molecule has 130 valence electrons. The lowest BCUT2D eigenvalue weighted by atomic mass is 9.86. The van der Waals surface area contributed by atoms with E-state index in [9.17, 15) is 19.7 Å². The van der Waals surface area contributed by atoms with Gasteiger partial charge in [0.25, 0.3) is 11.6 Å². The molecule has 0 heterocycles. The van der Waals surface area contributed by atoms with Crippen LogP contribution in [0.1, 0.15) is 60.2 Å². The van der Waals surface area contributed by atoms with Crippen LogP contribution in [0.4, 0.5) is 5.69 Å². The van der Waals surface area contributed by atoms with E-state index in [0.717, 1.165) is 31.7 Å². The molecule has 0 spiro atoms. The Morgan fingerprint density at radius 3 is 2.54 bits per heavy atom. The van der Waals surface area contributed by atoms with Crippen molar-refractivity contribution in [3.63, 3.8) is 0 Å². The zero-order chi connectivity index (χ0) is 17.7. The average Bonchev–Trinajstić information content (AvgIpc) is 2.56. The van der Waals surface area contributed by atoms with Crippen LogP contribution < -0.4 is 5.32 Å². The van der Waals surface area contributed by atoms with Gasteiger partial charge in [0.2, 0.25) is 0 Å². The van der Waals surface area contributed by atoms with Gasteiger partial charge in [-0.1, -0.05) is 19.8 Å². The summed E-state index contributed by atoms with van der Waals surface area (Å²) in [6.45, 7) is 3.89. The van der Waals surface area contributed by atoms with Crippen LogP contribution >= 0.6 is 0 Å². The Hall–Kier alpha value is -2.44. The van der Waals surface area contributed by atoms with Crippen molar-refractivity contribution in [2.75, 3.05) is 6.61 Å². The molecule has 2 rings (SSSR count). The normalized spacial score (nSPS) is 20.2. The number of carbonyl (C=O) groups excluding carboxylic acids is 2. The lowest BCUT2D eigenvalue weighted by molar-refractivity contribution is -0.384. The topological polar surface area (TPSA) is 98.5 Å². The van der Waals surface area contributed by atoms with Crippen LogP contribution in [0, 0.1) is 16.0 Å². The summed E-state index contributed by atoms with van der Waals surface area (Å²) >= 11 is 0. The van der Waals surface area contributed by atoms with Crippen molar-refractivity contribution in [2.24, 2.45) is 5.92 Å². The summed E-state index contributed by atoms with van der Waals surface area (Å²) < 4.78 is 4.87. The number of ether oxygens (including phenoxy) is 1. The molecule has 0 saturated heterocycles. The lowest BCUT2D eigenvalue weighted by Crippen LogP contribution is -2.41. The van der Waals surface area contributed by atoms with Gasteiger partial charge in [0, 0.05) is 23.7 Å². The first kappa shape index (κ1) is 17.9. The number of nitrogens with zero attached hydrogens (tertiary/aromatic N) is 1. The highest BCUT2D eigenvalue weighted by Gasteiger charge is 2.25. The van der Waals surface area contributed by atoms with E-state index >= 15 is 0 Å². The SMILES string of the molecule is CCOC(=O)c1cc(C(=O)N[C@H]2CCCC[C@@H]2C)cc([N+](=O)[O-])c1. The maximum Gasteiger partial charge on any atom is 0.338 e. The molecule has 1 aliphatic rings. The van der Waals surface area contributed by atoms with Crippen molar-refractivity contribution in [1.82, 2.24) is 5.32 Å². The third-order valence-electron chi connectivity index (χ3n) is 4.33. The summed E-state index contributed by atoms with van der Waals surface area (Å²) in [4.78, 5) is 34.8. The highest BCUT2D eigenvalue weighted by Crippen LogP contribution is 2.25. The summed E-state index contributed by atoms with van der Waals surface area (Å²) in [7, 11) is 0. The second-order valence-corrected chi connectivity index (χ2v) is 6.09. The molecule has 0 bridgehead atoms. The van der Waals surface area contributed by atoms with Crippen molar-refractivity contribution in [1.29, 1.82) is 0 Å². The van der Waals surface area contributed by atoms with Gasteiger partial charge >= 0.3 is 5.97 Å². The van der Waals surface area contributed by atoms with Gasteiger partial charge in [-0.15, -0.1) is 0 Å². The minimum Gasteiger partial charge on any atom is -0.462 e. The van der Waals surface area contributed by atoms with Gasteiger partial charge in [-0.25, -0.2) is 4.79 Å². The third-order valence-corrected chi connectivity index (χ3v) is 4.33. The molecular formula is C17H22N2O5. The van der Waals surface area contributed by atoms with Crippen LogP contribution in [0.5, 0.6) is 0 Å². The quantitative estimate of drug-likeness (QED) is 0.507. The van der Waals surface area contributed by atoms with E-state index < -0.39 is 16.8 Å². The molecule has 0 aromatic heterocycles. The predicted octanol–water partition coefficient (Wildman–Crippen LogP) is 3.08. The molecule has 24 heavy (non-hydrogen) atoms. The highest BCUT2D eigenvalue weighted by atomic mass is 16.6. The Labute approximate surface area is 140 Å². The minimum atomic E-state index is -0.679. The second kappa shape index (κ2) is 7.90. The van der Waals surface area contributed by atoms with E-state index in [4.69, 9.17) is 4.74 Å². The standard InChI is InChI=1S/C17H22N2O5/c1-3-24-17(21)13-8-12(9-14(10-13)19(22)23)16(20)18-15-7-5-4-6-11(15)2/h8-11,15H,3-7H2,1-2H3,(H,18,20)/t11-,15-/m0/s1. The molecule has 2 atom stereocenters. The molecule has 1 fully saturated rings. The fraction of sp³-hybridized carbons (Fsp3) is 0.529. The van der Waals surface area contributed by atoms with Gasteiger partial charge in [0.15, 0.2) is 0 Å². The number of hydrogen-bond acceptors (Lipinski definition) is 5. The molecule has 7 nitrogen and oxygen atoms in total. The number of carbonyl (C=O) groups is 2. The number of nitro benzene ring substituents is 1. The number of amides is 1. The van der Waals surface area contributed by atoms with Gasteiger partial charge in [0.05, 0.1) is 17.1 Å². The number of benzene rings is 1. The molecule has 1 aliphatic carbocycles. The first-order chi connectivity index (χ1) is 11.4. The summed E-state index contributed by atoms with van der Waals surface area (Å²) in [5.41, 5.74) is -0.194. The Morgan fingerprint density at radius 1 is 1.25 bits per heavy atom. The Kier molecular flexibility index (Phi) is 5.89. The highest BCUT2D eigenvalue weighted by molar-refractivity contribution is 5.99.